The Labute approximate surface area is 85.1 Å². The number of nitrogens with one attached hydrogen (secondary N) is 1. The minimum Gasteiger partial charge on any atom is -0.361 e. The van der Waals surface area contributed by atoms with Crippen LogP contribution in [0.2, 0.25) is 0 Å². The van der Waals surface area contributed by atoms with Crippen LogP contribution in [0.3, 0.4) is 0 Å². The molecule has 1 N–H and O–H groups in total. The molecule has 2 rings (SSSR count). The third-order valence-corrected chi connectivity index (χ3v) is 2.79. The summed E-state index contributed by atoms with van der Waals surface area (Å²) in [6, 6.07) is 6.76. The topological polar surface area (TPSA) is 15.8 Å². The van der Waals surface area contributed by atoms with Gasteiger partial charge in [-0.05, 0) is 35.6 Å². The molecule has 0 amide bonds. The van der Waals surface area contributed by atoms with Crippen LogP contribution in [0.4, 0.5) is 0 Å². The van der Waals surface area contributed by atoms with Gasteiger partial charge in [-0.3, -0.25) is 0 Å². The molecule has 0 fully saturated rings. The van der Waals surface area contributed by atoms with Gasteiger partial charge in [0, 0.05) is 17.1 Å². The Bertz CT molecular complexity index is 437. The van der Waals surface area contributed by atoms with Crippen LogP contribution in [0.25, 0.3) is 10.9 Å². The summed E-state index contributed by atoms with van der Waals surface area (Å²) in [6.07, 6.45) is 3.13. The van der Waals surface area contributed by atoms with Gasteiger partial charge in [0.15, 0.2) is 0 Å². The molecule has 1 aromatic heterocycles. The predicted octanol–water partition coefficient (Wildman–Crippen LogP) is 3.85. The summed E-state index contributed by atoms with van der Waals surface area (Å²) in [5.74, 6) is 0.597. The second-order valence-electron chi connectivity index (χ2n) is 4.13. The van der Waals surface area contributed by atoms with E-state index < -0.39 is 0 Å². The highest BCUT2D eigenvalue weighted by Crippen LogP contribution is 2.26. The van der Waals surface area contributed by atoms with Crippen LogP contribution in [0.1, 0.15) is 37.8 Å². The molecule has 0 saturated heterocycles. The molecule has 1 aromatic carbocycles. The van der Waals surface area contributed by atoms with Gasteiger partial charge >= 0.3 is 0 Å². The Kier molecular flexibility index (Phi) is 2.32. The maximum atomic E-state index is 3.29. The van der Waals surface area contributed by atoms with E-state index in [0.717, 1.165) is 6.42 Å². The Hall–Kier alpha value is -1.24. The number of hydrogen-bond acceptors (Lipinski definition) is 0. The second kappa shape index (κ2) is 3.49. The van der Waals surface area contributed by atoms with Crippen LogP contribution in [0.5, 0.6) is 0 Å². The number of benzene rings is 1. The van der Waals surface area contributed by atoms with Crippen molar-refractivity contribution in [3.63, 3.8) is 0 Å². The SMILES string of the molecule is CCc1cc(C(C)C)c2cc[nH]c2c1. The number of aromatic amines is 1. The van der Waals surface area contributed by atoms with Crippen LogP contribution < -0.4 is 0 Å². The fourth-order valence-corrected chi connectivity index (χ4v) is 1.94. The van der Waals surface area contributed by atoms with E-state index in [4.69, 9.17) is 0 Å². The lowest BCUT2D eigenvalue weighted by molar-refractivity contribution is 0.873. The fourth-order valence-electron chi connectivity index (χ4n) is 1.94. The molecule has 0 aliphatic carbocycles. The number of fused-ring (bicyclic) bond motifs is 1. The first-order valence-corrected chi connectivity index (χ1v) is 5.32. The lowest BCUT2D eigenvalue weighted by Gasteiger charge is -2.09. The number of hydrogen-bond donors (Lipinski definition) is 1. The van der Waals surface area contributed by atoms with Gasteiger partial charge in [-0.2, -0.15) is 0 Å². The van der Waals surface area contributed by atoms with Crippen molar-refractivity contribution in [1.29, 1.82) is 0 Å². The third-order valence-electron chi connectivity index (χ3n) is 2.79. The number of H-pyrrole nitrogens is 1. The number of aromatic nitrogens is 1. The molecule has 0 unspecified atom stereocenters. The van der Waals surface area contributed by atoms with Gasteiger partial charge in [0.05, 0.1) is 0 Å². The smallest absolute Gasteiger partial charge is 0.0459 e. The molecular formula is C13H17N. The highest BCUT2D eigenvalue weighted by molar-refractivity contribution is 5.84. The monoisotopic (exact) mass is 187 g/mol. The van der Waals surface area contributed by atoms with E-state index >= 15 is 0 Å². The Morgan fingerprint density at radius 1 is 1.29 bits per heavy atom. The molecule has 2 aromatic rings. The molecular weight excluding hydrogens is 170 g/mol. The molecule has 74 valence electrons. The van der Waals surface area contributed by atoms with Crippen molar-refractivity contribution in [3.05, 3.63) is 35.5 Å². The standard InChI is InChI=1S/C13H17N/c1-4-10-7-12(9(2)3)11-5-6-14-13(11)8-10/h5-9,14H,4H2,1-3H3. The predicted molar refractivity (Wildman–Crippen MR) is 61.8 cm³/mol. The lowest BCUT2D eigenvalue weighted by atomic mass is 9.96. The maximum Gasteiger partial charge on any atom is 0.0459 e. The maximum absolute atomic E-state index is 3.29. The van der Waals surface area contributed by atoms with Gasteiger partial charge in [-0.25, -0.2) is 0 Å². The molecule has 0 bridgehead atoms. The zero-order valence-electron chi connectivity index (χ0n) is 9.09. The van der Waals surface area contributed by atoms with Crippen molar-refractivity contribution < 1.29 is 0 Å². The van der Waals surface area contributed by atoms with Crippen molar-refractivity contribution >= 4 is 10.9 Å². The fraction of sp³-hybridized carbons (Fsp3) is 0.385. The number of rotatable bonds is 2. The van der Waals surface area contributed by atoms with Gasteiger partial charge in [0.1, 0.15) is 0 Å². The van der Waals surface area contributed by atoms with Gasteiger partial charge in [0.2, 0.25) is 0 Å². The largest absolute Gasteiger partial charge is 0.361 e. The Morgan fingerprint density at radius 3 is 2.71 bits per heavy atom. The molecule has 1 nitrogen and oxygen atoms in total. The van der Waals surface area contributed by atoms with Crippen LogP contribution in [-0.2, 0) is 6.42 Å². The van der Waals surface area contributed by atoms with E-state index in [0.29, 0.717) is 5.92 Å². The lowest BCUT2D eigenvalue weighted by Crippen LogP contribution is -1.91. The minimum atomic E-state index is 0.597. The zero-order valence-corrected chi connectivity index (χ0v) is 9.09. The minimum absolute atomic E-state index is 0.597. The van der Waals surface area contributed by atoms with Crippen molar-refractivity contribution in [2.24, 2.45) is 0 Å². The average molecular weight is 187 g/mol. The first-order chi connectivity index (χ1) is 6.72. The second-order valence-corrected chi connectivity index (χ2v) is 4.13. The van der Waals surface area contributed by atoms with Crippen LogP contribution in [0.15, 0.2) is 24.4 Å². The summed E-state index contributed by atoms with van der Waals surface area (Å²) in [6.45, 7) is 6.70. The van der Waals surface area contributed by atoms with E-state index in [-0.39, 0.29) is 0 Å². The summed E-state index contributed by atoms with van der Waals surface area (Å²) < 4.78 is 0. The van der Waals surface area contributed by atoms with Crippen LogP contribution in [-0.4, -0.2) is 4.98 Å². The molecule has 0 saturated carbocycles. The van der Waals surface area contributed by atoms with Crippen LogP contribution >= 0.6 is 0 Å². The van der Waals surface area contributed by atoms with Crippen LogP contribution in [0, 0.1) is 0 Å². The number of aryl methyl sites for hydroxylation is 1. The van der Waals surface area contributed by atoms with Crippen molar-refractivity contribution in [2.45, 2.75) is 33.1 Å². The first kappa shape index (κ1) is 9.32. The van der Waals surface area contributed by atoms with E-state index in [2.05, 4.69) is 44.0 Å². The van der Waals surface area contributed by atoms with E-state index in [1.54, 1.807) is 0 Å². The summed E-state index contributed by atoms with van der Waals surface area (Å²) in [4.78, 5) is 3.29. The van der Waals surface area contributed by atoms with E-state index in [1.807, 2.05) is 6.20 Å². The molecule has 1 heteroatoms. The van der Waals surface area contributed by atoms with Crippen molar-refractivity contribution in [3.8, 4) is 0 Å². The molecule has 1 heterocycles. The summed E-state index contributed by atoms with van der Waals surface area (Å²) in [5, 5.41) is 1.37. The average Bonchev–Trinajstić information content (AvgIpc) is 2.63. The summed E-state index contributed by atoms with van der Waals surface area (Å²) in [7, 11) is 0. The van der Waals surface area contributed by atoms with Crippen molar-refractivity contribution in [2.75, 3.05) is 0 Å². The summed E-state index contributed by atoms with van der Waals surface area (Å²) in [5.41, 5.74) is 4.15. The molecule has 0 aliphatic rings. The molecule has 0 atom stereocenters. The van der Waals surface area contributed by atoms with E-state index in [1.165, 1.54) is 22.0 Å². The first-order valence-electron chi connectivity index (χ1n) is 5.32. The van der Waals surface area contributed by atoms with Crippen molar-refractivity contribution in [1.82, 2.24) is 4.98 Å². The third kappa shape index (κ3) is 1.43. The van der Waals surface area contributed by atoms with Gasteiger partial charge < -0.3 is 4.98 Å². The highest BCUT2D eigenvalue weighted by Gasteiger charge is 2.07. The zero-order chi connectivity index (χ0) is 10.1. The van der Waals surface area contributed by atoms with E-state index in [9.17, 15) is 0 Å². The van der Waals surface area contributed by atoms with Gasteiger partial charge in [-0.1, -0.05) is 26.8 Å². The Balaban J connectivity index is 2.70. The summed E-state index contributed by atoms with van der Waals surface area (Å²) >= 11 is 0. The normalized spacial score (nSPS) is 11.4. The molecule has 0 radical (unpaired) electrons. The molecule has 0 spiro atoms. The Morgan fingerprint density at radius 2 is 2.07 bits per heavy atom. The van der Waals surface area contributed by atoms with Gasteiger partial charge in [-0.15, -0.1) is 0 Å². The quantitative estimate of drug-likeness (QED) is 0.735. The molecule has 14 heavy (non-hydrogen) atoms. The van der Waals surface area contributed by atoms with Gasteiger partial charge in [0.25, 0.3) is 0 Å². The highest BCUT2D eigenvalue weighted by atomic mass is 14.7. The molecule has 0 aliphatic heterocycles.